The van der Waals surface area contributed by atoms with Gasteiger partial charge in [0.15, 0.2) is 0 Å². The number of nitrogens with one attached hydrogen (secondary N) is 1. The van der Waals surface area contributed by atoms with Crippen LogP contribution in [-0.4, -0.2) is 31.8 Å². The van der Waals surface area contributed by atoms with Crippen LogP contribution in [0, 0.1) is 5.92 Å². The van der Waals surface area contributed by atoms with E-state index in [4.69, 9.17) is 5.11 Å². The standard InChI is InChI=1S/C12H17NO.C7H6O2.CH5N/c1-9(2)12(13-3)11-6-4-10(8-14)5-7-11;8-5-6-1-3-7(9)4-2-6;1-2/h4-9,12-13H,1-3H3;1-5,9H;2H2,1H3. The second-order valence-corrected chi connectivity index (χ2v) is 5.50. The third-order valence-electron chi connectivity index (χ3n) is 3.44. The molecule has 2 aromatic carbocycles. The lowest BCUT2D eigenvalue weighted by Crippen LogP contribution is -2.21. The molecule has 0 radical (unpaired) electrons. The Kier molecular flexibility index (Phi) is 11.6. The fourth-order valence-corrected chi connectivity index (χ4v) is 2.22. The number of aromatic hydroxyl groups is 1. The van der Waals surface area contributed by atoms with Crippen LogP contribution in [0.15, 0.2) is 48.5 Å². The summed E-state index contributed by atoms with van der Waals surface area (Å²) in [5.74, 6) is 0.725. The molecule has 0 bridgehead atoms. The third kappa shape index (κ3) is 8.24. The average molecular weight is 344 g/mol. The SMILES string of the molecule is CN.CNC(c1ccc(C=O)cc1)C(C)C.O=Cc1ccc(O)cc1. The molecule has 1 atom stereocenters. The van der Waals surface area contributed by atoms with Crippen LogP contribution in [0.25, 0.3) is 0 Å². The maximum Gasteiger partial charge on any atom is 0.150 e. The summed E-state index contributed by atoms with van der Waals surface area (Å²) in [4.78, 5) is 20.5. The highest BCUT2D eigenvalue weighted by atomic mass is 16.3. The third-order valence-corrected chi connectivity index (χ3v) is 3.44. The smallest absolute Gasteiger partial charge is 0.150 e. The van der Waals surface area contributed by atoms with E-state index in [1.807, 2.05) is 31.3 Å². The van der Waals surface area contributed by atoms with Gasteiger partial charge in [-0.05, 0) is 49.8 Å². The molecular formula is C20H28N2O3. The van der Waals surface area contributed by atoms with E-state index in [0.717, 1.165) is 18.1 Å². The summed E-state index contributed by atoms with van der Waals surface area (Å²) in [7, 11) is 3.46. The van der Waals surface area contributed by atoms with Crippen LogP contribution in [0.1, 0.15) is 46.2 Å². The second kappa shape index (κ2) is 12.9. The van der Waals surface area contributed by atoms with Crippen LogP contribution >= 0.6 is 0 Å². The molecule has 2 rings (SSSR count). The zero-order chi connectivity index (χ0) is 19.2. The van der Waals surface area contributed by atoms with E-state index < -0.39 is 0 Å². The predicted octanol–water partition coefficient (Wildman–Crippen LogP) is 3.20. The van der Waals surface area contributed by atoms with Gasteiger partial charge in [-0.2, -0.15) is 0 Å². The monoisotopic (exact) mass is 344 g/mol. The Morgan fingerprint density at radius 2 is 1.28 bits per heavy atom. The van der Waals surface area contributed by atoms with Crippen molar-refractivity contribution in [2.45, 2.75) is 19.9 Å². The molecule has 25 heavy (non-hydrogen) atoms. The maximum atomic E-state index is 10.5. The molecule has 1 unspecified atom stereocenters. The maximum absolute atomic E-state index is 10.5. The number of aldehydes is 2. The highest BCUT2D eigenvalue weighted by molar-refractivity contribution is 5.75. The van der Waals surface area contributed by atoms with Crippen molar-refractivity contribution in [3.05, 3.63) is 65.2 Å². The molecule has 2 aromatic rings. The molecule has 0 aliphatic rings. The van der Waals surface area contributed by atoms with Crippen LogP contribution in [0.4, 0.5) is 0 Å². The van der Waals surface area contributed by atoms with Crippen LogP contribution < -0.4 is 11.1 Å². The van der Waals surface area contributed by atoms with Crippen molar-refractivity contribution >= 4 is 12.6 Å². The molecule has 5 heteroatoms. The van der Waals surface area contributed by atoms with Gasteiger partial charge >= 0.3 is 0 Å². The van der Waals surface area contributed by atoms with Crippen LogP contribution in [0.2, 0.25) is 0 Å². The van der Waals surface area contributed by atoms with Gasteiger partial charge in [-0.1, -0.05) is 38.1 Å². The van der Waals surface area contributed by atoms with E-state index in [1.165, 1.54) is 24.7 Å². The van der Waals surface area contributed by atoms with Gasteiger partial charge in [-0.25, -0.2) is 0 Å². The molecule has 0 spiro atoms. The second-order valence-electron chi connectivity index (χ2n) is 5.50. The van der Waals surface area contributed by atoms with E-state index in [-0.39, 0.29) is 5.75 Å². The number of phenolic OH excluding ortho intramolecular Hbond substituents is 1. The molecule has 0 saturated heterocycles. The number of phenols is 1. The Morgan fingerprint density at radius 3 is 1.60 bits per heavy atom. The van der Waals surface area contributed by atoms with Crippen LogP contribution in [0.3, 0.4) is 0 Å². The molecule has 0 aromatic heterocycles. The van der Waals surface area contributed by atoms with Crippen molar-refractivity contribution in [2.24, 2.45) is 11.7 Å². The van der Waals surface area contributed by atoms with E-state index >= 15 is 0 Å². The van der Waals surface area contributed by atoms with Crippen LogP contribution in [-0.2, 0) is 0 Å². The van der Waals surface area contributed by atoms with Crippen molar-refractivity contribution in [3.8, 4) is 5.75 Å². The summed E-state index contributed by atoms with van der Waals surface area (Å²) in [6, 6.07) is 14.1. The first-order chi connectivity index (χ1) is 12.0. The van der Waals surface area contributed by atoms with Gasteiger partial charge in [-0.3, -0.25) is 9.59 Å². The fourth-order valence-electron chi connectivity index (χ4n) is 2.22. The zero-order valence-corrected chi connectivity index (χ0v) is 15.3. The quantitative estimate of drug-likeness (QED) is 0.724. The summed E-state index contributed by atoms with van der Waals surface area (Å²) in [5.41, 5.74) is 7.04. The predicted molar refractivity (Wildman–Crippen MR) is 102 cm³/mol. The summed E-state index contributed by atoms with van der Waals surface area (Å²) in [6.45, 7) is 4.35. The molecule has 0 heterocycles. The van der Waals surface area contributed by atoms with Gasteiger partial charge in [0.05, 0.1) is 0 Å². The molecule has 0 amide bonds. The minimum Gasteiger partial charge on any atom is -0.508 e. The molecule has 5 nitrogen and oxygen atoms in total. The summed E-state index contributed by atoms with van der Waals surface area (Å²) < 4.78 is 0. The van der Waals surface area contributed by atoms with Gasteiger partial charge < -0.3 is 16.2 Å². The number of carbonyl (C=O) groups is 2. The number of hydrogen-bond donors (Lipinski definition) is 3. The van der Waals surface area contributed by atoms with Crippen molar-refractivity contribution in [1.82, 2.24) is 5.32 Å². The number of rotatable bonds is 5. The van der Waals surface area contributed by atoms with Gasteiger partial charge in [0.2, 0.25) is 0 Å². The van der Waals surface area contributed by atoms with Gasteiger partial charge in [0.1, 0.15) is 18.3 Å². The Hall–Kier alpha value is -2.50. The minimum atomic E-state index is 0.181. The van der Waals surface area contributed by atoms with E-state index in [0.29, 0.717) is 17.5 Å². The van der Waals surface area contributed by atoms with Crippen molar-refractivity contribution in [2.75, 3.05) is 14.1 Å². The molecule has 0 fully saturated rings. The summed E-state index contributed by atoms with van der Waals surface area (Å²) in [6.07, 6.45) is 1.60. The van der Waals surface area contributed by atoms with E-state index in [1.54, 1.807) is 12.1 Å². The highest BCUT2D eigenvalue weighted by Gasteiger charge is 2.12. The molecule has 136 valence electrons. The molecule has 0 aliphatic heterocycles. The normalized spacial score (nSPS) is 10.6. The number of hydrogen-bond acceptors (Lipinski definition) is 5. The largest absolute Gasteiger partial charge is 0.508 e. The van der Waals surface area contributed by atoms with Gasteiger partial charge in [-0.15, -0.1) is 0 Å². The number of carbonyl (C=O) groups excluding carboxylic acids is 2. The lowest BCUT2D eigenvalue weighted by molar-refractivity contribution is 0.111. The first kappa shape index (κ1) is 22.5. The molecular weight excluding hydrogens is 316 g/mol. The number of benzene rings is 2. The van der Waals surface area contributed by atoms with Crippen LogP contribution in [0.5, 0.6) is 5.75 Å². The summed E-state index contributed by atoms with van der Waals surface area (Å²) >= 11 is 0. The van der Waals surface area contributed by atoms with Crippen molar-refractivity contribution in [3.63, 3.8) is 0 Å². The first-order valence-corrected chi connectivity index (χ1v) is 8.06. The van der Waals surface area contributed by atoms with Crippen molar-refractivity contribution in [1.29, 1.82) is 0 Å². The summed E-state index contributed by atoms with van der Waals surface area (Å²) in [5, 5.41) is 12.0. The highest BCUT2D eigenvalue weighted by Crippen LogP contribution is 2.20. The zero-order valence-electron chi connectivity index (χ0n) is 15.3. The lowest BCUT2D eigenvalue weighted by atomic mass is 9.95. The average Bonchev–Trinajstić information content (AvgIpc) is 2.65. The Bertz CT molecular complexity index is 608. The first-order valence-electron chi connectivity index (χ1n) is 8.06. The fraction of sp³-hybridized carbons (Fsp3) is 0.300. The molecule has 4 N–H and O–H groups in total. The van der Waals surface area contributed by atoms with Crippen molar-refractivity contribution < 1.29 is 14.7 Å². The number of nitrogens with two attached hydrogens (primary N) is 1. The minimum absolute atomic E-state index is 0.181. The van der Waals surface area contributed by atoms with Gasteiger partial charge in [0, 0.05) is 17.2 Å². The Labute approximate surface area is 149 Å². The lowest BCUT2D eigenvalue weighted by Gasteiger charge is -2.20. The van der Waals surface area contributed by atoms with Gasteiger partial charge in [0.25, 0.3) is 0 Å². The van der Waals surface area contributed by atoms with E-state index in [9.17, 15) is 9.59 Å². The Morgan fingerprint density at radius 1 is 0.880 bits per heavy atom. The molecule has 0 aliphatic carbocycles. The Balaban J connectivity index is 0.000000451. The molecule has 0 saturated carbocycles. The topological polar surface area (TPSA) is 92.4 Å². The van der Waals surface area contributed by atoms with E-state index in [2.05, 4.69) is 24.9 Å².